The highest BCUT2D eigenvalue weighted by atomic mass is 32.2. The highest BCUT2D eigenvalue weighted by molar-refractivity contribution is 7.88. The highest BCUT2D eigenvalue weighted by Gasteiger charge is 2.29. The second-order valence-corrected chi connectivity index (χ2v) is 6.31. The van der Waals surface area contributed by atoms with Crippen molar-refractivity contribution >= 4 is 10.0 Å². The predicted octanol–water partition coefficient (Wildman–Crippen LogP) is 2.09. The van der Waals surface area contributed by atoms with Crippen LogP contribution in [0.1, 0.15) is 40.5 Å². The smallest absolute Gasteiger partial charge is 0.211 e. The molecule has 1 aliphatic heterocycles. The molecule has 0 amide bonds. The molecule has 3 nitrogen and oxygen atoms in total. The number of hydrogen-bond donors (Lipinski definition) is 0. The van der Waals surface area contributed by atoms with Crippen LogP contribution in [0.5, 0.6) is 0 Å². The van der Waals surface area contributed by atoms with Gasteiger partial charge in [-0.25, -0.2) is 12.7 Å². The van der Waals surface area contributed by atoms with Crippen molar-refractivity contribution in [3.8, 4) is 0 Å². The van der Waals surface area contributed by atoms with Crippen molar-refractivity contribution in [3.05, 3.63) is 0 Å². The fourth-order valence-corrected chi connectivity index (χ4v) is 2.27. The standard InChI is InChI=1S/C8H17NO2S.C2H6/c1-8(2)4-6-9(7-5-8)12(3,10)11;1-2/h4-7H2,1-3H3;1-2H3. The molecule has 0 bridgehead atoms. The summed E-state index contributed by atoms with van der Waals surface area (Å²) in [6.07, 6.45) is 3.23. The number of hydrogen-bond acceptors (Lipinski definition) is 2. The second-order valence-electron chi connectivity index (χ2n) is 4.33. The van der Waals surface area contributed by atoms with Crippen LogP contribution in [-0.2, 0) is 10.0 Å². The number of sulfonamides is 1. The molecule has 0 aromatic carbocycles. The van der Waals surface area contributed by atoms with Crippen LogP contribution in [0.4, 0.5) is 0 Å². The summed E-state index contributed by atoms with van der Waals surface area (Å²) < 4.78 is 23.8. The normalized spacial score (nSPS) is 22.4. The van der Waals surface area contributed by atoms with Gasteiger partial charge < -0.3 is 0 Å². The van der Waals surface area contributed by atoms with E-state index in [1.165, 1.54) is 6.26 Å². The first-order valence-electron chi connectivity index (χ1n) is 5.26. The van der Waals surface area contributed by atoms with E-state index in [0.29, 0.717) is 18.5 Å². The molecule has 1 saturated heterocycles. The molecule has 0 radical (unpaired) electrons. The second kappa shape index (κ2) is 5.12. The van der Waals surface area contributed by atoms with Crippen molar-refractivity contribution in [2.24, 2.45) is 5.41 Å². The minimum atomic E-state index is -2.94. The first-order valence-corrected chi connectivity index (χ1v) is 7.11. The van der Waals surface area contributed by atoms with Crippen molar-refractivity contribution in [2.75, 3.05) is 19.3 Å². The summed E-state index contributed by atoms with van der Waals surface area (Å²) in [5.74, 6) is 0. The van der Waals surface area contributed by atoms with Gasteiger partial charge in [-0.2, -0.15) is 0 Å². The Morgan fingerprint density at radius 2 is 1.43 bits per heavy atom. The first kappa shape index (κ1) is 13.9. The third kappa shape index (κ3) is 4.42. The fourth-order valence-electron chi connectivity index (χ4n) is 1.42. The maximum Gasteiger partial charge on any atom is 0.211 e. The van der Waals surface area contributed by atoms with Gasteiger partial charge in [0.25, 0.3) is 0 Å². The average Bonchev–Trinajstić information content (AvgIpc) is 2.05. The molecule has 14 heavy (non-hydrogen) atoms. The SMILES string of the molecule is CC.CC1(C)CCN(S(C)(=O)=O)CC1. The Balaban J connectivity index is 0.000000791. The molecule has 86 valence electrons. The Morgan fingerprint density at radius 3 is 1.71 bits per heavy atom. The Morgan fingerprint density at radius 1 is 1.07 bits per heavy atom. The van der Waals surface area contributed by atoms with Crippen LogP contribution in [0, 0.1) is 5.41 Å². The van der Waals surface area contributed by atoms with E-state index in [-0.39, 0.29) is 0 Å². The molecular formula is C10H23NO2S. The van der Waals surface area contributed by atoms with Crippen molar-refractivity contribution in [1.29, 1.82) is 0 Å². The molecule has 0 spiro atoms. The fraction of sp³-hybridized carbons (Fsp3) is 1.00. The van der Waals surface area contributed by atoms with Crippen molar-refractivity contribution in [1.82, 2.24) is 4.31 Å². The molecule has 1 rings (SSSR count). The summed E-state index contributed by atoms with van der Waals surface area (Å²) in [6, 6.07) is 0. The van der Waals surface area contributed by atoms with Gasteiger partial charge in [-0.3, -0.25) is 0 Å². The molecule has 0 N–H and O–H groups in total. The van der Waals surface area contributed by atoms with Crippen LogP contribution >= 0.6 is 0 Å². The van der Waals surface area contributed by atoms with E-state index in [1.807, 2.05) is 13.8 Å². The predicted molar refractivity (Wildman–Crippen MR) is 60.8 cm³/mol. The van der Waals surface area contributed by atoms with Crippen LogP contribution in [0.15, 0.2) is 0 Å². The zero-order valence-electron chi connectivity index (χ0n) is 10.0. The van der Waals surface area contributed by atoms with Gasteiger partial charge in [0.1, 0.15) is 0 Å². The van der Waals surface area contributed by atoms with Crippen molar-refractivity contribution < 1.29 is 8.42 Å². The minimum Gasteiger partial charge on any atom is -0.213 e. The first-order chi connectivity index (χ1) is 6.31. The van der Waals surface area contributed by atoms with E-state index in [9.17, 15) is 8.42 Å². The zero-order chi connectivity index (χ0) is 11.4. The van der Waals surface area contributed by atoms with Gasteiger partial charge in [-0.1, -0.05) is 27.7 Å². The topological polar surface area (TPSA) is 37.4 Å². The maximum absolute atomic E-state index is 11.1. The molecule has 0 atom stereocenters. The van der Waals surface area contributed by atoms with Crippen LogP contribution in [-0.4, -0.2) is 32.1 Å². The van der Waals surface area contributed by atoms with E-state index in [4.69, 9.17) is 0 Å². The van der Waals surface area contributed by atoms with E-state index < -0.39 is 10.0 Å². The lowest BCUT2D eigenvalue weighted by atomic mass is 9.83. The summed E-state index contributed by atoms with van der Waals surface area (Å²) >= 11 is 0. The summed E-state index contributed by atoms with van der Waals surface area (Å²) in [4.78, 5) is 0. The molecule has 1 aliphatic rings. The molecule has 0 aliphatic carbocycles. The summed E-state index contributed by atoms with van der Waals surface area (Å²) in [6.45, 7) is 9.75. The van der Waals surface area contributed by atoms with Gasteiger partial charge in [-0.05, 0) is 18.3 Å². The molecule has 0 unspecified atom stereocenters. The minimum absolute atomic E-state index is 0.321. The lowest BCUT2D eigenvalue weighted by Crippen LogP contribution is -2.40. The molecular weight excluding hydrogens is 198 g/mol. The van der Waals surface area contributed by atoms with E-state index in [1.54, 1.807) is 4.31 Å². The van der Waals surface area contributed by atoms with E-state index in [2.05, 4.69) is 13.8 Å². The van der Waals surface area contributed by atoms with Crippen LogP contribution in [0.3, 0.4) is 0 Å². The van der Waals surface area contributed by atoms with Gasteiger partial charge in [0.15, 0.2) is 0 Å². The summed E-state index contributed by atoms with van der Waals surface area (Å²) in [7, 11) is -2.94. The Bertz CT molecular complexity index is 247. The molecule has 0 aromatic heterocycles. The quantitative estimate of drug-likeness (QED) is 0.680. The van der Waals surface area contributed by atoms with Crippen molar-refractivity contribution in [2.45, 2.75) is 40.5 Å². The summed E-state index contributed by atoms with van der Waals surface area (Å²) in [5, 5.41) is 0. The van der Waals surface area contributed by atoms with Gasteiger partial charge in [-0.15, -0.1) is 0 Å². The maximum atomic E-state index is 11.1. The number of nitrogens with zero attached hydrogens (tertiary/aromatic N) is 1. The van der Waals surface area contributed by atoms with E-state index >= 15 is 0 Å². The van der Waals surface area contributed by atoms with Crippen LogP contribution in [0.25, 0.3) is 0 Å². The number of piperidine rings is 1. The Labute approximate surface area is 88.5 Å². The molecule has 1 heterocycles. The highest BCUT2D eigenvalue weighted by Crippen LogP contribution is 2.30. The Hall–Kier alpha value is -0.0900. The molecule has 0 aromatic rings. The molecule has 4 heteroatoms. The lowest BCUT2D eigenvalue weighted by Gasteiger charge is -2.35. The number of rotatable bonds is 1. The Kier molecular flexibility index (Phi) is 5.09. The zero-order valence-corrected chi connectivity index (χ0v) is 10.8. The van der Waals surface area contributed by atoms with Gasteiger partial charge >= 0.3 is 0 Å². The lowest BCUT2D eigenvalue weighted by molar-refractivity contribution is 0.196. The van der Waals surface area contributed by atoms with E-state index in [0.717, 1.165) is 12.8 Å². The molecule has 1 fully saturated rings. The van der Waals surface area contributed by atoms with Gasteiger partial charge in [0.05, 0.1) is 6.26 Å². The van der Waals surface area contributed by atoms with Crippen molar-refractivity contribution in [3.63, 3.8) is 0 Å². The monoisotopic (exact) mass is 221 g/mol. The average molecular weight is 221 g/mol. The summed E-state index contributed by atoms with van der Waals surface area (Å²) in [5.41, 5.74) is 0.321. The van der Waals surface area contributed by atoms with Gasteiger partial charge in [0.2, 0.25) is 10.0 Å². The van der Waals surface area contributed by atoms with Gasteiger partial charge in [0, 0.05) is 13.1 Å². The molecule has 0 saturated carbocycles. The largest absolute Gasteiger partial charge is 0.213 e. The van der Waals surface area contributed by atoms with Crippen LogP contribution < -0.4 is 0 Å². The third-order valence-corrected chi connectivity index (χ3v) is 3.85. The third-order valence-electron chi connectivity index (χ3n) is 2.54. The van der Waals surface area contributed by atoms with Crippen LogP contribution in [0.2, 0.25) is 0 Å².